The van der Waals surface area contributed by atoms with Gasteiger partial charge in [-0.3, -0.25) is 9.36 Å². The second kappa shape index (κ2) is 7.48. The average Bonchev–Trinajstić information content (AvgIpc) is 3.23. The third-order valence-electron chi connectivity index (χ3n) is 4.39. The highest BCUT2D eigenvalue weighted by atomic mass is 32.2. The van der Waals surface area contributed by atoms with Gasteiger partial charge in [-0.2, -0.15) is 10.2 Å². The van der Waals surface area contributed by atoms with Crippen molar-refractivity contribution >= 4 is 21.6 Å². The van der Waals surface area contributed by atoms with E-state index in [1.807, 2.05) is 6.92 Å². The van der Waals surface area contributed by atoms with Gasteiger partial charge in [-0.05, 0) is 13.3 Å². The molecule has 0 bridgehead atoms. The van der Waals surface area contributed by atoms with Crippen LogP contribution in [-0.4, -0.2) is 57.0 Å². The number of sulfone groups is 1. The van der Waals surface area contributed by atoms with Crippen LogP contribution in [0.15, 0.2) is 24.8 Å². The minimum absolute atomic E-state index is 0.0338. The Bertz CT molecular complexity index is 872. The average molecular weight is 380 g/mol. The number of amides is 2. The predicted molar refractivity (Wildman–Crippen MR) is 97.5 cm³/mol. The number of nitrogens with zero attached hydrogens (tertiary/aromatic N) is 5. The van der Waals surface area contributed by atoms with Crippen molar-refractivity contribution in [3.8, 4) is 0 Å². The fraction of sp³-hybridized carbons (Fsp3) is 0.562. The highest BCUT2D eigenvalue weighted by Gasteiger charge is 2.36. The van der Waals surface area contributed by atoms with Gasteiger partial charge in [0.05, 0.1) is 35.6 Å². The molecule has 2 aromatic rings. The van der Waals surface area contributed by atoms with E-state index in [2.05, 4.69) is 22.4 Å². The first-order chi connectivity index (χ1) is 12.4. The number of carbonyl (C=O) groups is 1. The third-order valence-corrected chi connectivity index (χ3v) is 6.02. The van der Waals surface area contributed by atoms with Crippen LogP contribution >= 0.6 is 0 Å². The lowest BCUT2D eigenvalue weighted by molar-refractivity contribution is 0.195. The van der Waals surface area contributed by atoms with Gasteiger partial charge in [-0.1, -0.05) is 6.92 Å². The predicted octanol–water partition coefficient (Wildman–Crippen LogP) is 1.51. The highest BCUT2D eigenvalue weighted by Crippen LogP contribution is 2.27. The van der Waals surface area contributed by atoms with Gasteiger partial charge in [0, 0.05) is 37.6 Å². The molecule has 2 aromatic heterocycles. The minimum Gasteiger partial charge on any atom is -0.315 e. The summed E-state index contributed by atoms with van der Waals surface area (Å²) in [6.45, 7) is 5.61. The first kappa shape index (κ1) is 18.4. The van der Waals surface area contributed by atoms with Crippen molar-refractivity contribution in [3.63, 3.8) is 0 Å². The Kier molecular flexibility index (Phi) is 5.30. The molecule has 26 heavy (non-hydrogen) atoms. The van der Waals surface area contributed by atoms with Crippen molar-refractivity contribution in [2.75, 3.05) is 23.4 Å². The van der Waals surface area contributed by atoms with Crippen LogP contribution in [0.2, 0.25) is 0 Å². The zero-order valence-corrected chi connectivity index (χ0v) is 15.8. The van der Waals surface area contributed by atoms with E-state index in [1.54, 1.807) is 39.1 Å². The number of urea groups is 1. The van der Waals surface area contributed by atoms with Crippen molar-refractivity contribution in [1.82, 2.24) is 24.5 Å². The van der Waals surface area contributed by atoms with Gasteiger partial charge in [-0.15, -0.1) is 0 Å². The van der Waals surface area contributed by atoms with E-state index in [0.29, 0.717) is 12.2 Å². The maximum absolute atomic E-state index is 12.8. The summed E-state index contributed by atoms with van der Waals surface area (Å²) in [4.78, 5) is 14.3. The summed E-state index contributed by atoms with van der Waals surface area (Å²) >= 11 is 0. The van der Waals surface area contributed by atoms with Crippen LogP contribution in [0.25, 0.3) is 0 Å². The first-order valence-corrected chi connectivity index (χ1v) is 10.6. The molecule has 0 spiro atoms. The summed E-state index contributed by atoms with van der Waals surface area (Å²) in [6, 6.07) is -0.870. The summed E-state index contributed by atoms with van der Waals surface area (Å²) < 4.78 is 27.7. The quantitative estimate of drug-likeness (QED) is 0.847. The Morgan fingerprint density at radius 1 is 1.23 bits per heavy atom. The molecule has 2 amide bonds. The Balaban J connectivity index is 1.79. The minimum atomic E-state index is -3.20. The largest absolute Gasteiger partial charge is 0.322 e. The van der Waals surface area contributed by atoms with Crippen LogP contribution in [0.1, 0.15) is 31.9 Å². The maximum atomic E-state index is 12.8. The molecule has 0 aromatic carbocycles. The van der Waals surface area contributed by atoms with Gasteiger partial charge >= 0.3 is 6.03 Å². The van der Waals surface area contributed by atoms with Gasteiger partial charge in [0.15, 0.2) is 9.84 Å². The molecule has 3 heterocycles. The molecule has 1 aliphatic rings. The Morgan fingerprint density at radius 3 is 2.69 bits per heavy atom. The van der Waals surface area contributed by atoms with Gasteiger partial charge in [0.25, 0.3) is 0 Å². The Morgan fingerprint density at radius 2 is 2.00 bits per heavy atom. The molecule has 1 N–H and O–H groups in total. The van der Waals surface area contributed by atoms with Crippen LogP contribution in [0.4, 0.5) is 10.5 Å². The zero-order valence-electron chi connectivity index (χ0n) is 15.0. The van der Waals surface area contributed by atoms with Crippen LogP contribution in [0.3, 0.4) is 0 Å². The fourth-order valence-electron chi connectivity index (χ4n) is 3.03. The molecular weight excluding hydrogens is 356 g/mol. The Hall–Kier alpha value is -2.36. The number of anilines is 1. The Labute approximate surface area is 152 Å². The highest BCUT2D eigenvalue weighted by molar-refractivity contribution is 7.91. The van der Waals surface area contributed by atoms with Crippen LogP contribution in [0, 0.1) is 0 Å². The van der Waals surface area contributed by atoms with E-state index < -0.39 is 15.9 Å². The van der Waals surface area contributed by atoms with Crippen molar-refractivity contribution in [2.24, 2.45) is 0 Å². The van der Waals surface area contributed by atoms with Gasteiger partial charge < -0.3 is 10.2 Å². The molecule has 0 aliphatic carbocycles. The summed E-state index contributed by atoms with van der Waals surface area (Å²) in [5, 5.41) is 11.2. The lowest BCUT2D eigenvalue weighted by atomic mass is 10.1. The molecule has 0 unspecified atom stereocenters. The molecule has 142 valence electrons. The van der Waals surface area contributed by atoms with Gasteiger partial charge in [0.2, 0.25) is 0 Å². The SMILES string of the molecule is CCCn1cc(NC(=O)N2CCS(=O)(=O)C[C@@H]2c2cnn(CC)c2)cn1. The normalized spacial score (nSPS) is 19.5. The second-order valence-corrected chi connectivity index (χ2v) is 8.60. The third kappa shape index (κ3) is 4.06. The molecule has 1 atom stereocenters. The molecular formula is C16H24N6O3S. The summed E-state index contributed by atoms with van der Waals surface area (Å²) in [5.41, 5.74) is 1.33. The number of nitrogens with one attached hydrogen (secondary N) is 1. The molecule has 0 radical (unpaired) electrons. The monoisotopic (exact) mass is 380 g/mol. The first-order valence-electron chi connectivity index (χ1n) is 8.74. The summed E-state index contributed by atoms with van der Waals surface area (Å²) in [6.07, 6.45) is 7.74. The second-order valence-electron chi connectivity index (χ2n) is 6.38. The van der Waals surface area contributed by atoms with E-state index >= 15 is 0 Å². The molecule has 0 saturated carbocycles. The van der Waals surface area contributed by atoms with E-state index in [-0.39, 0.29) is 24.1 Å². The standard InChI is InChI=1S/C16H24N6O3S/c1-3-5-21-11-14(9-18-21)19-16(23)22-6-7-26(24,25)12-15(22)13-8-17-20(4-2)10-13/h8-11,15H,3-7,12H2,1-2H3,(H,19,23)/t15-/m1/s1. The van der Waals surface area contributed by atoms with E-state index in [0.717, 1.165) is 18.5 Å². The number of hydrogen-bond acceptors (Lipinski definition) is 5. The smallest absolute Gasteiger partial charge is 0.315 e. The molecule has 10 heteroatoms. The van der Waals surface area contributed by atoms with Crippen molar-refractivity contribution in [1.29, 1.82) is 0 Å². The van der Waals surface area contributed by atoms with Gasteiger partial charge in [-0.25, -0.2) is 13.2 Å². The fourth-order valence-corrected chi connectivity index (χ4v) is 4.52. The summed E-state index contributed by atoms with van der Waals surface area (Å²) in [7, 11) is -3.20. The molecule has 3 rings (SSSR count). The molecule has 1 aliphatic heterocycles. The maximum Gasteiger partial charge on any atom is 0.322 e. The molecule has 1 saturated heterocycles. The lowest BCUT2D eigenvalue weighted by Gasteiger charge is -2.34. The number of aromatic nitrogens is 4. The van der Waals surface area contributed by atoms with E-state index in [4.69, 9.17) is 0 Å². The van der Waals surface area contributed by atoms with Crippen LogP contribution < -0.4 is 5.32 Å². The van der Waals surface area contributed by atoms with Crippen molar-refractivity contribution in [2.45, 2.75) is 39.4 Å². The molecule has 1 fully saturated rings. The van der Waals surface area contributed by atoms with Crippen LogP contribution in [-0.2, 0) is 22.9 Å². The van der Waals surface area contributed by atoms with E-state index in [1.165, 1.54) is 0 Å². The number of rotatable bonds is 5. The number of aryl methyl sites for hydroxylation is 2. The van der Waals surface area contributed by atoms with Crippen molar-refractivity contribution < 1.29 is 13.2 Å². The lowest BCUT2D eigenvalue weighted by Crippen LogP contribution is -2.47. The number of carbonyl (C=O) groups excluding carboxylic acids is 1. The topological polar surface area (TPSA) is 102 Å². The zero-order chi connectivity index (χ0) is 18.7. The van der Waals surface area contributed by atoms with E-state index in [9.17, 15) is 13.2 Å². The summed E-state index contributed by atoms with van der Waals surface area (Å²) in [5.74, 6) is -0.126. The molecule has 9 nitrogen and oxygen atoms in total. The van der Waals surface area contributed by atoms with Gasteiger partial charge in [0.1, 0.15) is 0 Å². The van der Waals surface area contributed by atoms with Crippen molar-refractivity contribution in [3.05, 3.63) is 30.4 Å². The van der Waals surface area contributed by atoms with Crippen LogP contribution in [0.5, 0.6) is 0 Å². The number of hydrogen-bond donors (Lipinski definition) is 1.